The first-order valence-corrected chi connectivity index (χ1v) is 8.49. The molecule has 3 rings (SSSR count). The third-order valence-electron chi connectivity index (χ3n) is 4.46. The number of nitrogens with zero attached hydrogens (tertiary/aromatic N) is 1. The van der Waals surface area contributed by atoms with Crippen molar-refractivity contribution in [3.05, 3.63) is 29.8 Å². The zero-order valence-electron chi connectivity index (χ0n) is 13.3. The van der Waals surface area contributed by atoms with E-state index in [0.29, 0.717) is 13.2 Å². The fourth-order valence-corrected chi connectivity index (χ4v) is 3.30. The molecule has 1 aromatic carbocycles. The standard InChI is InChI=1S/C18H25NO3/c1-2-3-4-5-8-12-19-16-11-7-6-10-15(16)18(17(19)20)21-13-9-14-22-18/h6-7,10-11H,2-5,8-9,12-14H2,1H3. The van der Waals surface area contributed by atoms with E-state index in [1.54, 1.807) is 0 Å². The monoisotopic (exact) mass is 303 g/mol. The maximum atomic E-state index is 12.9. The SMILES string of the molecule is CCCCCCCN1C(=O)C2(OCCCO2)c2ccccc21. The Hall–Kier alpha value is -1.39. The van der Waals surface area contributed by atoms with Gasteiger partial charge in [0, 0.05) is 12.1 Å². The van der Waals surface area contributed by atoms with Gasteiger partial charge < -0.3 is 14.4 Å². The van der Waals surface area contributed by atoms with E-state index in [2.05, 4.69) is 6.92 Å². The van der Waals surface area contributed by atoms with Crippen molar-refractivity contribution in [2.45, 2.75) is 51.2 Å². The van der Waals surface area contributed by atoms with Gasteiger partial charge in [-0.3, -0.25) is 4.79 Å². The largest absolute Gasteiger partial charge is 0.338 e. The molecule has 0 aliphatic carbocycles. The molecule has 0 saturated carbocycles. The summed E-state index contributed by atoms with van der Waals surface area (Å²) < 4.78 is 11.7. The van der Waals surface area contributed by atoms with Crippen LogP contribution in [0.2, 0.25) is 0 Å². The quantitative estimate of drug-likeness (QED) is 0.754. The van der Waals surface area contributed by atoms with Gasteiger partial charge in [0.25, 0.3) is 11.7 Å². The molecule has 2 aliphatic rings. The van der Waals surface area contributed by atoms with Crippen LogP contribution in [0.1, 0.15) is 51.0 Å². The number of para-hydroxylation sites is 1. The summed E-state index contributed by atoms with van der Waals surface area (Å²) in [5.41, 5.74) is 1.82. The number of unbranched alkanes of at least 4 members (excludes halogenated alkanes) is 4. The molecule has 1 saturated heterocycles. The van der Waals surface area contributed by atoms with Gasteiger partial charge >= 0.3 is 0 Å². The molecule has 0 unspecified atom stereocenters. The Morgan fingerprint density at radius 3 is 2.59 bits per heavy atom. The number of carbonyl (C=O) groups excluding carboxylic acids is 1. The molecule has 1 spiro atoms. The van der Waals surface area contributed by atoms with E-state index in [1.807, 2.05) is 29.2 Å². The smallest absolute Gasteiger partial charge is 0.292 e. The van der Waals surface area contributed by atoms with Gasteiger partial charge in [-0.25, -0.2) is 0 Å². The molecule has 4 nitrogen and oxygen atoms in total. The Kier molecular flexibility index (Phi) is 4.79. The molecule has 0 bridgehead atoms. The summed E-state index contributed by atoms with van der Waals surface area (Å²) in [6.07, 6.45) is 6.76. The van der Waals surface area contributed by atoms with Gasteiger partial charge in [-0.2, -0.15) is 0 Å². The molecule has 2 aliphatic heterocycles. The van der Waals surface area contributed by atoms with Crippen LogP contribution in [0, 0.1) is 0 Å². The summed E-state index contributed by atoms with van der Waals surface area (Å²) in [6, 6.07) is 7.86. The topological polar surface area (TPSA) is 38.8 Å². The number of benzene rings is 1. The van der Waals surface area contributed by atoms with Crippen molar-refractivity contribution >= 4 is 11.6 Å². The first kappa shape index (κ1) is 15.5. The number of hydrogen-bond acceptors (Lipinski definition) is 3. The van der Waals surface area contributed by atoms with Crippen molar-refractivity contribution in [1.82, 2.24) is 0 Å². The number of anilines is 1. The van der Waals surface area contributed by atoms with Gasteiger partial charge in [0.1, 0.15) is 0 Å². The minimum atomic E-state index is -1.18. The molecular formula is C18H25NO3. The van der Waals surface area contributed by atoms with Crippen LogP contribution in [0.25, 0.3) is 0 Å². The number of hydrogen-bond donors (Lipinski definition) is 0. The fourth-order valence-electron chi connectivity index (χ4n) is 3.30. The second-order valence-electron chi connectivity index (χ2n) is 6.06. The number of rotatable bonds is 6. The molecule has 1 aromatic rings. The summed E-state index contributed by atoms with van der Waals surface area (Å²) in [5, 5.41) is 0. The maximum Gasteiger partial charge on any atom is 0.292 e. The lowest BCUT2D eigenvalue weighted by Crippen LogP contribution is -2.47. The highest BCUT2D eigenvalue weighted by molar-refractivity contribution is 6.06. The lowest BCUT2D eigenvalue weighted by molar-refractivity contribution is -0.256. The van der Waals surface area contributed by atoms with Gasteiger partial charge in [-0.15, -0.1) is 0 Å². The van der Waals surface area contributed by atoms with Crippen LogP contribution >= 0.6 is 0 Å². The molecular weight excluding hydrogens is 278 g/mol. The van der Waals surface area contributed by atoms with Crippen LogP contribution in [-0.4, -0.2) is 25.7 Å². The van der Waals surface area contributed by atoms with Crippen molar-refractivity contribution < 1.29 is 14.3 Å². The van der Waals surface area contributed by atoms with Crippen LogP contribution in [0.3, 0.4) is 0 Å². The van der Waals surface area contributed by atoms with Crippen molar-refractivity contribution in [1.29, 1.82) is 0 Å². The van der Waals surface area contributed by atoms with Gasteiger partial charge in [-0.1, -0.05) is 50.8 Å². The van der Waals surface area contributed by atoms with Crippen LogP contribution in [0.15, 0.2) is 24.3 Å². The number of fused-ring (bicyclic) bond motifs is 2. The summed E-state index contributed by atoms with van der Waals surface area (Å²) in [5.74, 6) is -1.23. The Bertz CT molecular complexity index is 523. The molecule has 0 aromatic heterocycles. The summed E-state index contributed by atoms with van der Waals surface area (Å²) in [4.78, 5) is 14.8. The molecule has 1 amide bonds. The maximum absolute atomic E-state index is 12.9. The van der Waals surface area contributed by atoms with Crippen molar-refractivity contribution in [2.24, 2.45) is 0 Å². The predicted molar refractivity (Wildman–Crippen MR) is 85.8 cm³/mol. The minimum absolute atomic E-state index is 0.0520. The van der Waals surface area contributed by atoms with Crippen LogP contribution in [-0.2, 0) is 20.1 Å². The fraction of sp³-hybridized carbons (Fsp3) is 0.611. The van der Waals surface area contributed by atoms with E-state index in [9.17, 15) is 4.79 Å². The highest BCUT2D eigenvalue weighted by Crippen LogP contribution is 2.45. The number of ether oxygens (including phenoxy) is 2. The molecule has 0 N–H and O–H groups in total. The Labute approximate surface area is 132 Å². The van der Waals surface area contributed by atoms with Crippen LogP contribution < -0.4 is 4.90 Å². The van der Waals surface area contributed by atoms with E-state index in [4.69, 9.17) is 9.47 Å². The zero-order chi connectivity index (χ0) is 15.4. The van der Waals surface area contributed by atoms with Gasteiger partial charge in [0.15, 0.2) is 0 Å². The van der Waals surface area contributed by atoms with E-state index >= 15 is 0 Å². The molecule has 0 radical (unpaired) electrons. The molecule has 120 valence electrons. The van der Waals surface area contributed by atoms with E-state index < -0.39 is 5.79 Å². The van der Waals surface area contributed by atoms with E-state index in [1.165, 1.54) is 19.3 Å². The third-order valence-corrected chi connectivity index (χ3v) is 4.46. The van der Waals surface area contributed by atoms with Crippen molar-refractivity contribution in [3.8, 4) is 0 Å². The number of amides is 1. The van der Waals surface area contributed by atoms with Crippen molar-refractivity contribution in [2.75, 3.05) is 24.7 Å². The van der Waals surface area contributed by atoms with E-state index in [0.717, 1.165) is 37.1 Å². The minimum Gasteiger partial charge on any atom is -0.338 e. The Balaban J connectivity index is 1.76. The summed E-state index contributed by atoms with van der Waals surface area (Å²) in [7, 11) is 0. The van der Waals surface area contributed by atoms with Crippen LogP contribution in [0.4, 0.5) is 5.69 Å². The molecule has 4 heteroatoms. The third kappa shape index (κ3) is 2.66. The van der Waals surface area contributed by atoms with Crippen molar-refractivity contribution in [3.63, 3.8) is 0 Å². The Morgan fingerprint density at radius 1 is 1.09 bits per heavy atom. The highest BCUT2D eigenvalue weighted by atomic mass is 16.7. The predicted octanol–water partition coefficient (Wildman–Crippen LogP) is 3.59. The second kappa shape index (κ2) is 6.80. The highest BCUT2D eigenvalue weighted by Gasteiger charge is 2.54. The molecule has 1 fully saturated rings. The molecule has 0 atom stereocenters. The average Bonchev–Trinajstić information content (AvgIpc) is 2.78. The average molecular weight is 303 g/mol. The first-order chi connectivity index (χ1) is 10.8. The second-order valence-corrected chi connectivity index (χ2v) is 6.06. The zero-order valence-corrected chi connectivity index (χ0v) is 13.3. The van der Waals surface area contributed by atoms with Gasteiger partial charge in [0.05, 0.1) is 18.9 Å². The summed E-state index contributed by atoms with van der Waals surface area (Å²) >= 11 is 0. The Morgan fingerprint density at radius 2 is 1.82 bits per heavy atom. The van der Waals surface area contributed by atoms with Gasteiger partial charge in [-0.05, 0) is 18.9 Å². The van der Waals surface area contributed by atoms with Crippen LogP contribution in [0.5, 0.6) is 0 Å². The lowest BCUT2D eigenvalue weighted by atomic mass is 10.1. The van der Waals surface area contributed by atoms with Gasteiger partial charge in [0.2, 0.25) is 0 Å². The first-order valence-electron chi connectivity index (χ1n) is 8.49. The molecule has 2 heterocycles. The normalized spacial score (nSPS) is 19.7. The lowest BCUT2D eigenvalue weighted by Gasteiger charge is -2.32. The summed E-state index contributed by atoms with van der Waals surface area (Å²) in [6.45, 7) is 4.10. The molecule has 22 heavy (non-hydrogen) atoms. The number of carbonyl (C=O) groups is 1. The van der Waals surface area contributed by atoms with E-state index in [-0.39, 0.29) is 5.91 Å².